The average Bonchev–Trinajstić information content (AvgIpc) is 2.50. The van der Waals surface area contributed by atoms with Crippen LogP contribution in [0.2, 0.25) is 18.1 Å². The zero-order valence-corrected chi connectivity index (χ0v) is 16.4. The Balaban J connectivity index is 2.09. The SMILES string of the molecule is COc1ccc2c(n1)[C@H](O[Si](C)(C)C(C)(C)C)[C@@H]1CC=C[C@H]2C1=O. The molecule has 1 aromatic heterocycles. The minimum absolute atomic E-state index is 0.0798. The van der Waals surface area contributed by atoms with Crippen molar-refractivity contribution in [3.8, 4) is 5.88 Å². The van der Waals surface area contributed by atoms with E-state index in [1.165, 1.54) is 0 Å². The highest BCUT2D eigenvalue weighted by atomic mass is 28.4. The fourth-order valence-electron chi connectivity index (χ4n) is 3.23. The molecule has 0 spiro atoms. The Morgan fingerprint density at radius 1 is 1.25 bits per heavy atom. The predicted molar refractivity (Wildman–Crippen MR) is 96.8 cm³/mol. The minimum atomic E-state index is -2.03. The first-order chi connectivity index (χ1) is 11.2. The molecule has 2 bridgehead atoms. The summed E-state index contributed by atoms with van der Waals surface area (Å²) in [5.41, 5.74) is 1.86. The van der Waals surface area contributed by atoms with Gasteiger partial charge >= 0.3 is 0 Å². The lowest BCUT2D eigenvalue weighted by atomic mass is 9.71. The molecule has 24 heavy (non-hydrogen) atoms. The highest BCUT2D eigenvalue weighted by Gasteiger charge is 2.48. The molecule has 2 aliphatic rings. The number of ketones is 1. The largest absolute Gasteiger partial charge is 0.481 e. The van der Waals surface area contributed by atoms with Gasteiger partial charge in [0.15, 0.2) is 14.1 Å². The number of pyridine rings is 1. The third-order valence-electron chi connectivity index (χ3n) is 5.73. The second kappa shape index (κ2) is 5.81. The normalized spacial score (nSPS) is 26.2. The summed E-state index contributed by atoms with van der Waals surface area (Å²) in [4.78, 5) is 17.6. The van der Waals surface area contributed by atoms with Crippen LogP contribution in [0, 0.1) is 5.92 Å². The number of Topliss-reactive ketones (excluding diaryl/α,β-unsaturated/α-hetero) is 1. The van der Waals surface area contributed by atoms with E-state index in [2.05, 4.69) is 44.9 Å². The van der Waals surface area contributed by atoms with Gasteiger partial charge < -0.3 is 9.16 Å². The smallest absolute Gasteiger partial charge is 0.213 e. The predicted octanol–water partition coefficient (Wildman–Crippen LogP) is 4.40. The molecule has 2 aliphatic carbocycles. The van der Waals surface area contributed by atoms with Crippen LogP contribution in [-0.2, 0) is 9.22 Å². The van der Waals surface area contributed by atoms with Gasteiger partial charge in [-0.25, -0.2) is 4.98 Å². The van der Waals surface area contributed by atoms with Crippen molar-refractivity contribution < 1.29 is 14.0 Å². The highest BCUT2D eigenvalue weighted by molar-refractivity contribution is 6.74. The molecule has 0 aliphatic heterocycles. The van der Waals surface area contributed by atoms with Gasteiger partial charge in [0.1, 0.15) is 0 Å². The average molecular weight is 346 g/mol. The number of ether oxygens (including phenoxy) is 1. The Morgan fingerprint density at radius 3 is 2.58 bits per heavy atom. The number of aromatic nitrogens is 1. The van der Waals surface area contributed by atoms with Crippen LogP contribution < -0.4 is 4.74 Å². The minimum Gasteiger partial charge on any atom is -0.481 e. The topological polar surface area (TPSA) is 48.4 Å². The Labute approximate surface area is 145 Å². The number of hydrogen-bond donors (Lipinski definition) is 0. The molecule has 130 valence electrons. The molecule has 5 heteroatoms. The summed E-state index contributed by atoms with van der Waals surface area (Å²) >= 11 is 0. The summed E-state index contributed by atoms with van der Waals surface area (Å²) in [6, 6.07) is 3.80. The number of carbonyl (C=O) groups is 1. The van der Waals surface area contributed by atoms with E-state index >= 15 is 0 Å². The van der Waals surface area contributed by atoms with Gasteiger partial charge in [0.05, 0.1) is 30.7 Å². The zero-order valence-electron chi connectivity index (χ0n) is 15.4. The lowest BCUT2D eigenvalue weighted by Gasteiger charge is -2.44. The van der Waals surface area contributed by atoms with E-state index in [4.69, 9.17) is 9.16 Å². The summed E-state index contributed by atoms with van der Waals surface area (Å²) < 4.78 is 12.0. The van der Waals surface area contributed by atoms with Crippen molar-refractivity contribution in [3.05, 3.63) is 35.5 Å². The molecule has 0 saturated heterocycles. The fraction of sp³-hybridized carbons (Fsp3) is 0.579. The number of nitrogens with zero attached hydrogens (tertiary/aromatic N) is 1. The molecule has 3 rings (SSSR count). The standard InChI is InChI=1S/C19H27NO3Si/c1-19(2,3)24(5,6)23-18-14-9-7-8-13(17(14)21)12-10-11-15(22-4)20-16(12)18/h7-8,10-11,13-14,18H,9H2,1-6H3/t13-,14-,18-/m1/s1. The van der Waals surface area contributed by atoms with Crippen molar-refractivity contribution >= 4 is 14.1 Å². The molecule has 0 aromatic carbocycles. The summed E-state index contributed by atoms with van der Waals surface area (Å²) in [5.74, 6) is 0.521. The zero-order chi connectivity index (χ0) is 17.7. The van der Waals surface area contributed by atoms with Crippen molar-refractivity contribution in [2.75, 3.05) is 7.11 Å². The van der Waals surface area contributed by atoms with E-state index in [0.717, 1.165) is 17.7 Å². The Morgan fingerprint density at radius 2 is 1.96 bits per heavy atom. The molecule has 0 saturated carbocycles. The van der Waals surface area contributed by atoms with Crippen LogP contribution in [0.1, 0.15) is 50.5 Å². The van der Waals surface area contributed by atoms with Gasteiger partial charge in [-0.15, -0.1) is 0 Å². The second-order valence-corrected chi connectivity index (χ2v) is 13.0. The van der Waals surface area contributed by atoms with Crippen LogP contribution >= 0.6 is 0 Å². The molecule has 0 radical (unpaired) electrons. The summed E-state index contributed by atoms with van der Waals surface area (Å²) in [7, 11) is -0.413. The van der Waals surface area contributed by atoms with E-state index in [-0.39, 0.29) is 28.8 Å². The molecule has 4 nitrogen and oxygen atoms in total. The maximum Gasteiger partial charge on any atom is 0.213 e. The van der Waals surface area contributed by atoms with Crippen LogP contribution in [0.25, 0.3) is 0 Å². The molecule has 3 atom stereocenters. The molecular formula is C19H27NO3Si. The Bertz CT molecular complexity index is 690. The van der Waals surface area contributed by atoms with E-state index in [1.54, 1.807) is 7.11 Å². The number of carbonyl (C=O) groups excluding carboxylic acids is 1. The van der Waals surface area contributed by atoms with E-state index < -0.39 is 8.32 Å². The molecule has 0 fully saturated rings. The summed E-state index contributed by atoms with van der Waals surface area (Å²) in [6.45, 7) is 11.1. The molecule has 0 unspecified atom stereocenters. The van der Waals surface area contributed by atoms with Gasteiger partial charge in [-0.05, 0) is 30.1 Å². The number of allylic oxidation sites excluding steroid dienone is 2. The molecule has 1 heterocycles. The number of fused-ring (bicyclic) bond motifs is 4. The van der Waals surface area contributed by atoms with Crippen LogP contribution in [-0.4, -0.2) is 26.2 Å². The maximum absolute atomic E-state index is 12.9. The monoisotopic (exact) mass is 345 g/mol. The summed E-state index contributed by atoms with van der Waals surface area (Å²) in [5, 5.41) is 0.0798. The molecule has 0 amide bonds. The fourth-order valence-corrected chi connectivity index (χ4v) is 4.49. The maximum atomic E-state index is 12.9. The van der Waals surface area contributed by atoms with Crippen LogP contribution in [0.3, 0.4) is 0 Å². The first kappa shape index (κ1) is 17.4. The highest BCUT2D eigenvalue weighted by Crippen LogP contribution is 2.49. The van der Waals surface area contributed by atoms with Crippen molar-refractivity contribution in [3.63, 3.8) is 0 Å². The third-order valence-corrected chi connectivity index (χ3v) is 10.2. The van der Waals surface area contributed by atoms with E-state index in [9.17, 15) is 4.79 Å². The van der Waals surface area contributed by atoms with Gasteiger partial charge in [0, 0.05) is 6.07 Å². The Kier molecular flexibility index (Phi) is 4.20. The van der Waals surface area contributed by atoms with Crippen molar-refractivity contribution in [1.82, 2.24) is 4.98 Å². The first-order valence-electron chi connectivity index (χ1n) is 8.59. The van der Waals surface area contributed by atoms with Crippen LogP contribution in [0.15, 0.2) is 24.3 Å². The van der Waals surface area contributed by atoms with Gasteiger partial charge in [-0.1, -0.05) is 39.0 Å². The third kappa shape index (κ3) is 2.73. The molecule has 0 N–H and O–H groups in total. The lowest BCUT2D eigenvalue weighted by molar-refractivity contribution is -0.128. The van der Waals surface area contributed by atoms with E-state index in [1.807, 2.05) is 18.2 Å². The van der Waals surface area contributed by atoms with Crippen LogP contribution in [0.5, 0.6) is 5.88 Å². The van der Waals surface area contributed by atoms with Gasteiger partial charge in [0.2, 0.25) is 5.88 Å². The Hall–Kier alpha value is -1.46. The molecule has 1 aromatic rings. The quantitative estimate of drug-likeness (QED) is 0.602. The van der Waals surface area contributed by atoms with Gasteiger partial charge in [-0.3, -0.25) is 4.79 Å². The van der Waals surface area contributed by atoms with E-state index in [0.29, 0.717) is 5.88 Å². The molecular weight excluding hydrogens is 318 g/mol. The van der Waals surface area contributed by atoms with Crippen LogP contribution in [0.4, 0.5) is 0 Å². The lowest BCUT2D eigenvalue weighted by Crippen LogP contribution is -2.46. The van der Waals surface area contributed by atoms with Crippen molar-refractivity contribution in [2.45, 2.75) is 57.3 Å². The second-order valence-electron chi connectivity index (χ2n) is 8.28. The summed E-state index contributed by atoms with van der Waals surface area (Å²) in [6.07, 6.45) is 4.58. The number of hydrogen-bond acceptors (Lipinski definition) is 4. The van der Waals surface area contributed by atoms with Crippen molar-refractivity contribution in [2.24, 2.45) is 5.92 Å². The first-order valence-corrected chi connectivity index (χ1v) is 11.5. The van der Waals surface area contributed by atoms with Crippen molar-refractivity contribution in [1.29, 1.82) is 0 Å². The number of methoxy groups -OCH3 is 1. The van der Waals surface area contributed by atoms with Gasteiger partial charge in [0.25, 0.3) is 0 Å². The van der Waals surface area contributed by atoms with Gasteiger partial charge in [-0.2, -0.15) is 0 Å². The number of rotatable bonds is 3.